The minimum atomic E-state index is -1.05. The summed E-state index contributed by atoms with van der Waals surface area (Å²) >= 11 is 0. The second-order valence-electron chi connectivity index (χ2n) is 4.70. The molecule has 0 saturated carbocycles. The lowest BCUT2D eigenvalue weighted by molar-refractivity contribution is 0.0691. The molecule has 0 amide bonds. The normalized spacial score (nSPS) is 10.5. The van der Waals surface area contributed by atoms with Crippen LogP contribution in [0.25, 0.3) is 10.8 Å². The lowest BCUT2D eigenvalue weighted by Gasteiger charge is -2.10. The molecule has 104 valence electrons. The fourth-order valence-corrected chi connectivity index (χ4v) is 2.08. The molecule has 0 aliphatic rings. The molecule has 0 fully saturated rings. The van der Waals surface area contributed by atoms with Gasteiger partial charge in [-0.25, -0.2) is 9.78 Å². The largest absolute Gasteiger partial charge is 0.477 e. The fourth-order valence-electron chi connectivity index (χ4n) is 2.08. The highest BCUT2D eigenvalue weighted by atomic mass is 16.4. The number of hydrogen-bond donors (Lipinski definition) is 2. The van der Waals surface area contributed by atoms with Crippen LogP contribution in [0.1, 0.15) is 16.2 Å². The first-order valence-corrected chi connectivity index (χ1v) is 6.46. The number of pyridine rings is 2. The molecule has 2 N–H and O–H groups in total. The van der Waals surface area contributed by atoms with E-state index < -0.39 is 5.97 Å². The second kappa shape index (κ2) is 5.20. The maximum atomic E-state index is 11.2. The van der Waals surface area contributed by atoms with Crippen molar-refractivity contribution in [1.29, 1.82) is 0 Å². The number of carboxylic acids is 1. The molecule has 0 radical (unpaired) electrons. The van der Waals surface area contributed by atoms with Crippen LogP contribution in [0.5, 0.6) is 0 Å². The van der Waals surface area contributed by atoms with Crippen molar-refractivity contribution in [2.75, 3.05) is 5.32 Å². The van der Waals surface area contributed by atoms with Gasteiger partial charge in [-0.05, 0) is 30.5 Å². The van der Waals surface area contributed by atoms with E-state index in [2.05, 4.69) is 15.3 Å². The van der Waals surface area contributed by atoms with E-state index in [9.17, 15) is 4.79 Å². The predicted molar refractivity (Wildman–Crippen MR) is 81.0 cm³/mol. The number of nitrogens with one attached hydrogen (secondary N) is 1. The third-order valence-corrected chi connectivity index (χ3v) is 3.13. The van der Waals surface area contributed by atoms with Gasteiger partial charge in [0.25, 0.3) is 0 Å². The number of benzene rings is 1. The zero-order valence-electron chi connectivity index (χ0n) is 11.4. The van der Waals surface area contributed by atoms with Crippen molar-refractivity contribution in [3.63, 3.8) is 0 Å². The number of anilines is 2. The number of nitrogens with zero attached hydrogens (tertiary/aromatic N) is 2. The first-order valence-electron chi connectivity index (χ1n) is 6.46. The molecular formula is C16H13N3O2. The fraction of sp³-hybridized carbons (Fsp3) is 0.0625. The maximum Gasteiger partial charge on any atom is 0.354 e. The molecule has 3 rings (SSSR count). The Morgan fingerprint density at radius 3 is 2.71 bits per heavy atom. The number of aromatic nitrogens is 2. The molecule has 0 aliphatic heterocycles. The van der Waals surface area contributed by atoms with Gasteiger partial charge in [0.2, 0.25) is 0 Å². The van der Waals surface area contributed by atoms with Gasteiger partial charge in [0.1, 0.15) is 5.82 Å². The minimum Gasteiger partial charge on any atom is -0.477 e. The Bertz CT molecular complexity index is 813. The van der Waals surface area contributed by atoms with Crippen LogP contribution in [-0.4, -0.2) is 21.0 Å². The maximum absolute atomic E-state index is 11.2. The SMILES string of the molecule is Cc1ccc(Nc2nc(C(=O)O)cc3ccccc23)cn1. The lowest BCUT2D eigenvalue weighted by atomic mass is 10.1. The van der Waals surface area contributed by atoms with E-state index in [4.69, 9.17) is 5.11 Å². The zero-order valence-corrected chi connectivity index (χ0v) is 11.4. The van der Waals surface area contributed by atoms with Gasteiger partial charge in [0.05, 0.1) is 11.9 Å². The van der Waals surface area contributed by atoms with Gasteiger partial charge in [-0.15, -0.1) is 0 Å². The highest BCUT2D eigenvalue weighted by Crippen LogP contribution is 2.25. The molecule has 5 heteroatoms. The molecule has 0 atom stereocenters. The standard InChI is InChI=1S/C16H13N3O2/c1-10-6-7-12(9-17-10)18-15-13-5-3-2-4-11(13)8-14(19-15)16(20)21/h2-9H,1H3,(H,18,19)(H,20,21). The Morgan fingerprint density at radius 1 is 1.19 bits per heavy atom. The number of aryl methyl sites for hydroxylation is 1. The molecule has 2 heterocycles. The van der Waals surface area contributed by atoms with Crippen molar-refractivity contribution in [3.8, 4) is 0 Å². The Morgan fingerprint density at radius 2 is 2.00 bits per heavy atom. The van der Waals surface area contributed by atoms with Crippen LogP contribution in [0.4, 0.5) is 11.5 Å². The summed E-state index contributed by atoms with van der Waals surface area (Å²) in [6.45, 7) is 1.91. The Balaban J connectivity index is 2.11. The number of rotatable bonds is 3. The first-order chi connectivity index (χ1) is 10.1. The summed E-state index contributed by atoms with van der Waals surface area (Å²) < 4.78 is 0. The lowest BCUT2D eigenvalue weighted by Crippen LogP contribution is -2.04. The Labute approximate surface area is 121 Å². The van der Waals surface area contributed by atoms with Gasteiger partial charge in [-0.1, -0.05) is 24.3 Å². The van der Waals surface area contributed by atoms with Gasteiger partial charge in [-0.3, -0.25) is 4.98 Å². The van der Waals surface area contributed by atoms with Crippen LogP contribution in [0.2, 0.25) is 0 Å². The summed E-state index contributed by atoms with van der Waals surface area (Å²) in [6.07, 6.45) is 1.69. The molecule has 5 nitrogen and oxygen atoms in total. The molecule has 1 aromatic carbocycles. The van der Waals surface area contributed by atoms with Crippen molar-refractivity contribution in [3.05, 3.63) is 60.0 Å². The van der Waals surface area contributed by atoms with Crippen LogP contribution in [0.15, 0.2) is 48.7 Å². The highest BCUT2D eigenvalue weighted by Gasteiger charge is 2.11. The number of carbonyl (C=O) groups is 1. The van der Waals surface area contributed by atoms with Crippen molar-refractivity contribution in [2.45, 2.75) is 6.92 Å². The number of carboxylic acid groups (broad SMARTS) is 1. The Kier molecular flexibility index (Phi) is 3.23. The van der Waals surface area contributed by atoms with Crippen LogP contribution < -0.4 is 5.32 Å². The molecule has 2 aromatic heterocycles. The van der Waals surface area contributed by atoms with Crippen LogP contribution in [0, 0.1) is 6.92 Å². The third kappa shape index (κ3) is 2.67. The molecule has 3 aromatic rings. The van der Waals surface area contributed by atoms with E-state index in [1.807, 2.05) is 43.3 Å². The summed E-state index contributed by atoms with van der Waals surface area (Å²) in [5.41, 5.74) is 1.69. The molecule has 0 aliphatic carbocycles. The Hall–Kier alpha value is -2.95. The van der Waals surface area contributed by atoms with Crippen molar-refractivity contribution >= 4 is 28.2 Å². The highest BCUT2D eigenvalue weighted by molar-refractivity contribution is 5.98. The van der Waals surface area contributed by atoms with Gasteiger partial charge < -0.3 is 10.4 Å². The molecule has 0 bridgehead atoms. The quantitative estimate of drug-likeness (QED) is 0.768. The molecule has 0 spiro atoms. The zero-order chi connectivity index (χ0) is 14.8. The second-order valence-corrected chi connectivity index (χ2v) is 4.70. The van der Waals surface area contributed by atoms with Gasteiger partial charge >= 0.3 is 5.97 Å². The van der Waals surface area contributed by atoms with E-state index >= 15 is 0 Å². The molecular weight excluding hydrogens is 266 g/mol. The number of hydrogen-bond acceptors (Lipinski definition) is 4. The van der Waals surface area contributed by atoms with E-state index in [1.165, 1.54) is 0 Å². The predicted octanol–water partition coefficient (Wildman–Crippen LogP) is 3.38. The average Bonchev–Trinajstić information content (AvgIpc) is 2.49. The first kappa shape index (κ1) is 13.1. The topological polar surface area (TPSA) is 75.1 Å². The third-order valence-electron chi connectivity index (χ3n) is 3.13. The van der Waals surface area contributed by atoms with E-state index in [1.54, 1.807) is 12.3 Å². The smallest absolute Gasteiger partial charge is 0.354 e. The van der Waals surface area contributed by atoms with E-state index in [0.29, 0.717) is 5.82 Å². The van der Waals surface area contributed by atoms with Crippen LogP contribution in [-0.2, 0) is 0 Å². The minimum absolute atomic E-state index is 0.0104. The number of aromatic carboxylic acids is 1. The molecule has 0 unspecified atom stereocenters. The molecule has 0 saturated heterocycles. The summed E-state index contributed by atoms with van der Waals surface area (Å²) in [5, 5.41) is 14.0. The molecule has 21 heavy (non-hydrogen) atoms. The summed E-state index contributed by atoms with van der Waals surface area (Å²) in [6, 6.07) is 12.8. The number of fused-ring (bicyclic) bond motifs is 1. The van der Waals surface area contributed by atoms with Gasteiger partial charge in [-0.2, -0.15) is 0 Å². The average molecular weight is 279 g/mol. The van der Waals surface area contributed by atoms with Gasteiger partial charge in [0.15, 0.2) is 5.69 Å². The van der Waals surface area contributed by atoms with Crippen LogP contribution >= 0.6 is 0 Å². The van der Waals surface area contributed by atoms with E-state index in [-0.39, 0.29) is 5.69 Å². The van der Waals surface area contributed by atoms with Crippen molar-refractivity contribution in [1.82, 2.24) is 9.97 Å². The summed E-state index contributed by atoms with van der Waals surface area (Å²) in [7, 11) is 0. The van der Waals surface area contributed by atoms with E-state index in [0.717, 1.165) is 22.2 Å². The monoisotopic (exact) mass is 279 g/mol. The van der Waals surface area contributed by atoms with Crippen molar-refractivity contribution in [2.24, 2.45) is 0 Å². The summed E-state index contributed by atoms with van der Waals surface area (Å²) in [4.78, 5) is 19.6. The van der Waals surface area contributed by atoms with Gasteiger partial charge in [0, 0.05) is 11.1 Å². The summed E-state index contributed by atoms with van der Waals surface area (Å²) in [5.74, 6) is -0.540. The van der Waals surface area contributed by atoms with Crippen LogP contribution in [0.3, 0.4) is 0 Å². The van der Waals surface area contributed by atoms with Crippen molar-refractivity contribution < 1.29 is 9.90 Å².